The first-order chi connectivity index (χ1) is 20.9. The van der Waals surface area contributed by atoms with Crippen molar-refractivity contribution in [2.75, 3.05) is 11.9 Å². The van der Waals surface area contributed by atoms with Crippen LogP contribution in [-0.2, 0) is 26.1 Å². The molecule has 0 aliphatic carbocycles. The number of cyclic esters (lactones) is 1. The second-order valence-electron chi connectivity index (χ2n) is 11.6. The number of rotatable bonds is 17. The minimum Gasteiger partial charge on any atom is -0.462 e. The van der Waals surface area contributed by atoms with Crippen LogP contribution in [0.2, 0.25) is 5.02 Å². The summed E-state index contributed by atoms with van der Waals surface area (Å²) < 4.78 is 11.8. The number of ether oxygens (including phenoxy) is 2. The number of benzene rings is 1. The van der Waals surface area contributed by atoms with Crippen molar-refractivity contribution in [3.63, 3.8) is 0 Å². The average Bonchev–Trinajstić information content (AvgIpc) is 3.41. The Balaban J connectivity index is 1.65. The zero-order valence-electron chi connectivity index (χ0n) is 26.2. The largest absolute Gasteiger partial charge is 0.462 e. The van der Waals surface area contributed by atoms with E-state index < -0.39 is 41.3 Å². The number of carbonyl (C=O) groups is 5. The van der Waals surface area contributed by atoms with Crippen LogP contribution in [0.15, 0.2) is 24.3 Å². The number of anilines is 1. The predicted molar refractivity (Wildman–Crippen MR) is 166 cm³/mol. The van der Waals surface area contributed by atoms with Gasteiger partial charge in [0, 0.05) is 7.05 Å². The van der Waals surface area contributed by atoms with E-state index in [1.54, 1.807) is 6.92 Å². The third kappa shape index (κ3) is 8.90. The Labute approximate surface area is 263 Å². The molecule has 0 radical (unpaired) electrons. The molecular weight excluding hydrogens is 588 g/mol. The van der Waals surface area contributed by atoms with Crippen molar-refractivity contribution >= 4 is 46.9 Å². The number of nitrogens with zero attached hydrogens (tertiary/aromatic N) is 3. The number of esters is 1. The highest BCUT2D eigenvalue weighted by atomic mass is 35.5. The Hall–Kier alpha value is -3.73. The van der Waals surface area contributed by atoms with E-state index in [9.17, 15) is 24.0 Å². The summed E-state index contributed by atoms with van der Waals surface area (Å²) in [6.45, 7) is 6.85. The highest BCUT2D eigenvalue weighted by Gasteiger charge is 2.54. The van der Waals surface area contributed by atoms with Gasteiger partial charge < -0.3 is 14.8 Å². The lowest BCUT2D eigenvalue weighted by Gasteiger charge is -2.23. The Morgan fingerprint density at radius 1 is 1.00 bits per heavy atom. The van der Waals surface area contributed by atoms with Gasteiger partial charge in [0.25, 0.3) is 11.8 Å². The van der Waals surface area contributed by atoms with Crippen molar-refractivity contribution in [1.29, 1.82) is 0 Å². The third-order valence-electron chi connectivity index (χ3n) is 7.47. The van der Waals surface area contributed by atoms with Gasteiger partial charge in [0.05, 0.1) is 28.6 Å². The third-order valence-corrected chi connectivity index (χ3v) is 7.80. The van der Waals surface area contributed by atoms with Crippen molar-refractivity contribution in [2.24, 2.45) is 7.05 Å². The molecule has 1 aliphatic rings. The molecule has 1 unspecified atom stereocenters. The van der Waals surface area contributed by atoms with E-state index in [2.05, 4.69) is 17.3 Å². The zero-order chi connectivity index (χ0) is 32.4. The summed E-state index contributed by atoms with van der Waals surface area (Å²) in [5.41, 5.74) is -0.933. The zero-order valence-corrected chi connectivity index (χ0v) is 27.0. The van der Waals surface area contributed by atoms with Crippen molar-refractivity contribution in [1.82, 2.24) is 14.7 Å². The summed E-state index contributed by atoms with van der Waals surface area (Å²) >= 11 is 6.32. The molecule has 1 atom stereocenters. The number of Topliss-reactive ketones (excluding diaryl/α,β-unsaturated/α-hetero) is 1. The molecule has 0 bridgehead atoms. The summed E-state index contributed by atoms with van der Waals surface area (Å²) in [4.78, 5) is 66.2. The molecule has 1 aliphatic heterocycles. The quantitative estimate of drug-likeness (QED) is 0.0916. The minimum absolute atomic E-state index is 0.00307. The molecule has 0 saturated carbocycles. The molecule has 1 fully saturated rings. The number of halogens is 1. The fourth-order valence-corrected chi connectivity index (χ4v) is 5.19. The van der Waals surface area contributed by atoms with Crippen molar-refractivity contribution in [2.45, 2.75) is 104 Å². The molecule has 1 aromatic heterocycles. The number of nitrogens with one attached hydrogen (secondary N) is 1. The van der Waals surface area contributed by atoms with E-state index in [0.717, 1.165) is 19.3 Å². The first kappa shape index (κ1) is 34.8. The summed E-state index contributed by atoms with van der Waals surface area (Å²) in [5, 5.41) is 6.71. The van der Waals surface area contributed by atoms with Gasteiger partial charge in [-0.3, -0.25) is 19.1 Å². The molecule has 1 saturated heterocycles. The van der Waals surface area contributed by atoms with Crippen molar-refractivity contribution < 1.29 is 33.4 Å². The van der Waals surface area contributed by atoms with Gasteiger partial charge in [-0.1, -0.05) is 76.3 Å². The van der Waals surface area contributed by atoms with Crippen LogP contribution < -0.4 is 5.32 Å². The standard InChI is InChI=1S/C32H43ClN4O7/c1-6-7-8-9-10-11-12-13-14-15-18-43-29(40)22-16-17-23(33)24(20-22)34-28(39)26(27(38)25-19-21(2)35-36(25)5)37-30(41)32(3,4)44-31(37)42/h16-17,19-20,26H,6-15,18H2,1-5H3,(H,34,39). The van der Waals surface area contributed by atoms with Gasteiger partial charge in [0.15, 0.2) is 11.6 Å². The van der Waals surface area contributed by atoms with Crippen molar-refractivity contribution in [3.8, 4) is 0 Å². The van der Waals surface area contributed by atoms with Crippen LogP contribution in [0.25, 0.3) is 0 Å². The first-order valence-corrected chi connectivity index (χ1v) is 15.6. The van der Waals surface area contributed by atoms with Gasteiger partial charge >= 0.3 is 12.1 Å². The van der Waals surface area contributed by atoms with Crippen LogP contribution in [0.3, 0.4) is 0 Å². The van der Waals surface area contributed by atoms with Crippen LogP contribution in [0.1, 0.15) is 112 Å². The fraction of sp³-hybridized carbons (Fsp3) is 0.562. The molecule has 44 heavy (non-hydrogen) atoms. The van der Waals surface area contributed by atoms with Gasteiger partial charge in [-0.2, -0.15) is 5.10 Å². The Kier molecular flexibility index (Phi) is 12.5. The van der Waals surface area contributed by atoms with Gasteiger partial charge in [-0.05, 0) is 51.5 Å². The number of unbranched alkanes of at least 4 members (excludes halogenated alkanes) is 9. The number of ketones is 1. The maximum absolute atomic E-state index is 13.6. The summed E-state index contributed by atoms with van der Waals surface area (Å²) in [5.74, 6) is -3.32. The number of hydrogen-bond acceptors (Lipinski definition) is 8. The van der Waals surface area contributed by atoms with Gasteiger partial charge in [-0.25, -0.2) is 14.5 Å². The smallest absolute Gasteiger partial charge is 0.418 e. The van der Waals surface area contributed by atoms with Crippen LogP contribution in [0.5, 0.6) is 0 Å². The normalized spacial score (nSPS) is 14.8. The number of aryl methyl sites for hydroxylation is 2. The maximum Gasteiger partial charge on any atom is 0.418 e. The highest BCUT2D eigenvalue weighted by Crippen LogP contribution is 2.29. The van der Waals surface area contributed by atoms with Crippen LogP contribution in [0.4, 0.5) is 10.5 Å². The molecule has 12 heteroatoms. The van der Waals surface area contributed by atoms with E-state index >= 15 is 0 Å². The predicted octanol–water partition coefficient (Wildman–Crippen LogP) is 6.41. The van der Waals surface area contributed by atoms with E-state index in [-0.39, 0.29) is 28.6 Å². The number of carbonyl (C=O) groups excluding carboxylic acids is 5. The molecule has 1 aromatic carbocycles. The Morgan fingerprint density at radius 3 is 2.16 bits per heavy atom. The molecule has 2 aromatic rings. The van der Waals surface area contributed by atoms with Gasteiger partial charge in [-0.15, -0.1) is 0 Å². The summed E-state index contributed by atoms with van der Waals surface area (Å²) in [6, 6.07) is 3.72. The van der Waals surface area contributed by atoms with E-state index in [1.807, 2.05) is 0 Å². The SMILES string of the molecule is CCCCCCCCCCCCOC(=O)c1ccc(Cl)c(NC(=O)C(C(=O)c2cc(C)nn2C)N2C(=O)OC(C)(C)C2=O)c1. The van der Waals surface area contributed by atoms with E-state index in [4.69, 9.17) is 21.1 Å². The number of imide groups is 1. The molecule has 3 amide bonds. The molecule has 1 N–H and O–H groups in total. The number of hydrogen-bond donors (Lipinski definition) is 1. The van der Waals surface area contributed by atoms with Gasteiger partial charge in [0.1, 0.15) is 5.69 Å². The molecule has 3 rings (SSSR count). The first-order valence-electron chi connectivity index (χ1n) is 15.3. The topological polar surface area (TPSA) is 137 Å². The second kappa shape index (κ2) is 15.8. The molecule has 11 nitrogen and oxygen atoms in total. The van der Waals surface area contributed by atoms with E-state index in [0.29, 0.717) is 10.6 Å². The van der Waals surface area contributed by atoms with Gasteiger partial charge in [0.2, 0.25) is 5.78 Å². The Bertz CT molecular complexity index is 1370. The number of amides is 3. The molecular formula is C32H43ClN4O7. The summed E-state index contributed by atoms with van der Waals surface area (Å²) in [6.07, 6.45) is 10.4. The van der Waals surface area contributed by atoms with Crippen LogP contribution >= 0.6 is 11.6 Å². The molecule has 240 valence electrons. The van der Waals surface area contributed by atoms with Crippen molar-refractivity contribution in [3.05, 3.63) is 46.2 Å². The van der Waals surface area contributed by atoms with E-state index in [1.165, 1.54) is 94.8 Å². The summed E-state index contributed by atoms with van der Waals surface area (Å²) in [7, 11) is 1.50. The molecule has 0 spiro atoms. The lowest BCUT2D eigenvalue weighted by molar-refractivity contribution is -0.137. The maximum atomic E-state index is 13.6. The molecule has 2 heterocycles. The Morgan fingerprint density at radius 2 is 1.61 bits per heavy atom. The lowest BCUT2D eigenvalue weighted by atomic mass is 10.0. The minimum atomic E-state index is -1.92. The number of aromatic nitrogens is 2. The lowest BCUT2D eigenvalue weighted by Crippen LogP contribution is -2.53. The fourth-order valence-electron chi connectivity index (χ4n) is 5.03. The second-order valence-corrected chi connectivity index (χ2v) is 12.0. The monoisotopic (exact) mass is 630 g/mol. The average molecular weight is 631 g/mol. The van der Waals surface area contributed by atoms with Crippen LogP contribution in [0, 0.1) is 6.92 Å². The van der Waals surface area contributed by atoms with Crippen LogP contribution in [-0.4, -0.2) is 62.6 Å². The highest BCUT2D eigenvalue weighted by molar-refractivity contribution is 6.34.